The van der Waals surface area contributed by atoms with Gasteiger partial charge in [-0.2, -0.15) is 0 Å². The number of anilines is 1. The quantitative estimate of drug-likeness (QED) is 0.906. The molecule has 25 heavy (non-hydrogen) atoms. The summed E-state index contributed by atoms with van der Waals surface area (Å²) in [6.45, 7) is 1.45. The molecule has 0 aliphatic carbocycles. The Hall–Kier alpha value is -2.69. The van der Waals surface area contributed by atoms with Crippen molar-refractivity contribution < 1.29 is 14.3 Å². The summed E-state index contributed by atoms with van der Waals surface area (Å²) >= 11 is 0. The van der Waals surface area contributed by atoms with Gasteiger partial charge in [-0.1, -0.05) is 24.3 Å². The molecule has 2 aromatic carbocycles. The molecule has 132 valence electrons. The molecule has 0 unspecified atom stereocenters. The Morgan fingerprint density at radius 3 is 2.36 bits per heavy atom. The highest BCUT2D eigenvalue weighted by atomic mass is 16.5. The first-order chi connectivity index (χ1) is 12.2. The first-order valence-corrected chi connectivity index (χ1v) is 8.54. The molecule has 5 nitrogen and oxygen atoms in total. The van der Waals surface area contributed by atoms with E-state index in [0.717, 1.165) is 31.6 Å². The van der Waals surface area contributed by atoms with Gasteiger partial charge in [0, 0.05) is 24.8 Å². The van der Waals surface area contributed by atoms with Gasteiger partial charge in [-0.3, -0.25) is 4.79 Å². The van der Waals surface area contributed by atoms with Crippen LogP contribution in [0.15, 0.2) is 48.5 Å². The maximum Gasteiger partial charge on any atom is 0.257 e. The monoisotopic (exact) mass is 340 g/mol. The Labute approximate surface area is 148 Å². The normalized spacial score (nSPS) is 14.9. The van der Waals surface area contributed by atoms with Crippen LogP contribution in [-0.4, -0.2) is 44.2 Å². The number of nitrogens with one attached hydrogen (secondary N) is 1. The standard InChI is InChI=1S/C20H24N2O3/c1-24-18-10-6-9-17(19(18)25-2)20(23)22-13-11-16(12-14-22)21-15-7-4-3-5-8-15/h3-10,16,21H,11-14H2,1-2H3. The van der Waals surface area contributed by atoms with Gasteiger partial charge < -0.3 is 19.7 Å². The third-order valence-electron chi connectivity index (χ3n) is 4.56. The third-order valence-corrected chi connectivity index (χ3v) is 4.56. The maximum atomic E-state index is 12.9. The van der Waals surface area contributed by atoms with Crippen LogP contribution in [0.2, 0.25) is 0 Å². The summed E-state index contributed by atoms with van der Waals surface area (Å²) in [6.07, 6.45) is 1.85. The zero-order valence-corrected chi connectivity index (χ0v) is 14.7. The lowest BCUT2D eigenvalue weighted by Crippen LogP contribution is -2.42. The van der Waals surface area contributed by atoms with Crippen molar-refractivity contribution in [1.29, 1.82) is 0 Å². The molecule has 1 N–H and O–H groups in total. The second-order valence-electron chi connectivity index (χ2n) is 6.12. The van der Waals surface area contributed by atoms with Gasteiger partial charge in [-0.05, 0) is 37.1 Å². The number of hydrogen-bond acceptors (Lipinski definition) is 4. The summed E-state index contributed by atoms with van der Waals surface area (Å²) in [7, 11) is 3.14. The van der Waals surface area contributed by atoms with Crippen molar-refractivity contribution in [3.8, 4) is 11.5 Å². The van der Waals surface area contributed by atoms with Crippen LogP contribution in [0, 0.1) is 0 Å². The fourth-order valence-electron chi connectivity index (χ4n) is 3.22. The summed E-state index contributed by atoms with van der Waals surface area (Å²) in [6, 6.07) is 16.0. The van der Waals surface area contributed by atoms with Gasteiger partial charge >= 0.3 is 0 Å². The van der Waals surface area contributed by atoms with Crippen molar-refractivity contribution in [3.63, 3.8) is 0 Å². The first-order valence-electron chi connectivity index (χ1n) is 8.54. The number of carbonyl (C=O) groups is 1. The van der Waals surface area contributed by atoms with E-state index in [9.17, 15) is 4.79 Å². The smallest absolute Gasteiger partial charge is 0.257 e. The number of hydrogen-bond donors (Lipinski definition) is 1. The molecule has 5 heteroatoms. The Morgan fingerprint density at radius 1 is 1.00 bits per heavy atom. The van der Waals surface area contributed by atoms with Crippen molar-refractivity contribution in [3.05, 3.63) is 54.1 Å². The number of amides is 1. The summed E-state index contributed by atoms with van der Waals surface area (Å²) in [4.78, 5) is 14.8. The van der Waals surface area contributed by atoms with Crippen LogP contribution >= 0.6 is 0 Å². The molecular formula is C20H24N2O3. The Balaban J connectivity index is 1.64. The van der Waals surface area contributed by atoms with Crippen LogP contribution in [-0.2, 0) is 0 Å². The van der Waals surface area contributed by atoms with Crippen molar-refractivity contribution in [2.45, 2.75) is 18.9 Å². The molecule has 0 saturated carbocycles. The number of carbonyl (C=O) groups excluding carboxylic acids is 1. The van der Waals surface area contributed by atoms with Crippen molar-refractivity contribution in [2.24, 2.45) is 0 Å². The lowest BCUT2D eigenvalue weighted by molar-refractivity contribution is 0.0714. The van der Waals surface area contributed by atoms with Gasteiger partial charge in [0.25, 0.3) is 5.91 Å². The number of benzene rings is 2. The third kappa shape index (κ3) is 3.87. The van der Waals surface area contributed by atoms with Gasteiger partial charge in [-0.15, -0.1) is 0 Å². The highest BCUT2D eigenvalue weighted by Gasteiger charge is 2.26. The van der Waals surface area contributed by atoms with E-state index in [4.69, 9.17) is 9.47 Å². The average molecular weight is 340 g/mol. The fraction of sp³-hybridized carbons (Fsp3) is 0.350. The molecule has 1 saturated heterocycles. The molecule has 1 fully saturated rings. The molecule has 1 aliphatic heterocycles. The summed E-state index contributed by atoms with van der Waals surface area (Å²) < 4.78 is 10.7. The summed E-state index contributed by atoms with van der Waals surface area (Å²) in [5, 5.41) is 3.54. The van der Waals surface area contributed by atoms with E-state index in [-0.39, 0.29) is 5.91 Å². The minimum absolute atomic E-state index is 0.00564. The van der Waals surface area contributed by atoms with E-state index in [0.29, 0.717) is 23.1 Å². The molecule has 0 bridgehead atoms. The van der Waals surface area contributed by atoms with E-state index in [2.05, 4.69) is 17.4 Å². The lowest BCUT2D eigenvalue weighted by Gasteiger charge is -2.33. The Bertz CT molecular complexity index is 710. The van der Waals surface area contributed by atoms with Crippen LogP contribution in [0.25, 0.3) is 0 Å². The minimum Gasteiger partial charge on any atom is -0.493 e. The van der Waals surface area contributed by atoms with E-state index >= 15 is 0 Å². The van der Waals surface area contributed by atoms with Crippen LogP contribution in [0.3, 0.4) is 0 Å². The van der Waals surface area contributed by atoms with Crippen molar-refractivity contribution >= 4 is 11.6 Å². The zero-order chi connectivity index (χ0) is 17.6. The average Bonchev–Trinajstić information content (AvgIpc) is 2.68. The topological polar surface area (TPSA) is 50.8 Å². The van der Waals surface area contributed by atoms with Gasteiger partial charge in [-0.25, -0.2) is 0 Å². The zero-order valence-electron chi connectivity index (χ0n) is 14.7. The lowest BCUT2D eigenvalue weighted by atomic mass is 10.0. The SMILES string of the molecule is COc1cccc(C(=O)N2CCC(Nc3ccccc3)CC2)c1OC. The predicted octanol–water partition coefficient (Wildman–Crippen LogP) is 3.42. The molecule has 0 spiro atoms. The summed E-state index contributed by atoms with van der Waals surface area (Å²) in [5.74, 6) is 1.07. The molecule has 0 radical (unpaired) electrons. The van der Waals surface area contributed by atoms with Crippen molar-refractivity contribution in [2.75, 3.05) is 32.6 Å². The van der Waals surface area contributed by atoms with Gasteiger partial charge in [0.05, 0.1) is 19.8 Å². The molecule has 2 aromatic rings. The van der Waals surface area contributed by atoms with E-state index < -0.39 is 0 Å². The molecule has 1 heterocycles. The Kier molecular flexibility index (Phi) is 5.43. The van der Waals surface area contributed by atoms with Crippen LogP contribution in [0.4, 0.5) is 5.69 Å². The molecule has 1 aliphatic rings. The van der Waals surface area contributed by atoms with E-state index in [1.165, 1.54) is 0 Å². The number of ether oxygens (including phenoxy) is 2. The minimum atomic E-state index is -0.00564. The first kappa shape index (κ1) is 17.1. The largest absolute Gasteiger partial charge is 0.493 e. The molecule has 0 aromatic heterocycles. The van der Waals surface area contributed by atoms with Gasteiger partial charge in [0.15, 0.2) is 11.5 Å². The molecule has 0 atom stereocenters. The predicted molar refractivity (Wildman–Crippen MR) is 98.5 cm³/mol. The molecule has 1 amide bonds. The number of piperidine rings is 1. The number of methoxy groups -OCH3 is 2. The molecule has 3 rings (SSSR count). The number of likely N-dealkylation sites (tertiary alicyclic amines) is 1. The maximum absolute atomic E-state index is 12.9. The summed E-state index contributed by atoms with van der Waals surface area (Å²) in [5.41, 5.74) is 1.68. The highest BCUT2D eigenvalue weighted by Crippen LogP contribution is 2.32. The van der Waals surface area contributed by atoms with Gasteiger partial charge in [0.1, 0.15) is 0 Å². The van der Waals surface area contributed by atoms with Crippen LogP contribution in [0.5, 0.6) is 11.5 Å². The highest BCUT2D eigenvalue weighted by molar-refractivity contribution is 5.97. The molecular weight excluding hydrogens is 316 g/mol. The number of para-hydroxylation sites is 2. The van der Waals surface area contributed by atoms with Gasteiger partial charge in [0.2, 0.25) is 0 Å². The number of nitrogens with zero attached hydrogens (tertiary/aromatic N) is 1. The second kappa shape index (κ2) is 7.92. The van der Waals surface area contributed by atoms with E-state index in [1.54, 1.807) is 26.4 Å². The van der Waals surface area contributed by atoms with Crippen LogP contribution in [0.1, 0.15) is 23.2 Å². The van der Waals surface area contributed by atoms with Crippen LogP contribution < -0.4 is 14.8 Å². The van der Waals surface area contributed by atoms with Crippen molar-refractivity contribution in [1.82, 2.24) is 4.90 Å². The number of rotatable bonds is 5. The fourth-order valence-corrected chi connectivity index (χ4v) is 3.22. The Morgan fingerprint density at radius 2 is 1.72 bits per heavy atom. The second-order valence-corrected chi connectivity index (χ2v) is 6.12. The van der Waals surface area contributed by atoms with E-state index in [1.807, 2.05) is 29.2 Å².